The molecule has 3 aliphatic carbocycles. The Hall–Kier alpha value is -7.62. The topological polar surface area (TPSA) is 34.0 Å². The summed E-state index contributed by atoms with van der Waals surface area (Å²) in [6.45, 7) is 6.34. The maximum absolute atomic E-state index is 5.31. The number of hydrogen-bond donors (Lipinski definition) is 0. The van der Waals surface area contributed by atoms with Gasteiger partial charge in [-0.25, -0.2) is 0 Å². The molecular formula is C61H52N2O. The van der Waals surface area contributed by atoms with Crippen LogP contribution in [0.3, 0.4) is 0 Å². The van der Waals surface area contributed by atoms with Crippen molar-refractivity contribution in [2.24, 2.45) is 10.2 Å². The Bertz CT molecular complexity index is 3020. The second-order valence-electron chi connectivity index (χ2n) is 16.7. The molecule has 3 heteroatoms. The van der Waals surface area contributed by atoms with Crippen LogP contribution in [0, 0.1) is 20.8 Å². The van der Waals surface area contributed by atoms with E-state index in [-0.39, 0.29) is 0 Å². The van der Waals surface area contributed by atoms with E-state index < -0.39 is 0 Å². The average molecular weight is 829 g/mol. The minimum atomic E-state index is 0.891. The predicted molar refractivity (Wildman–Crippen MR) is 268 cm³/mol. The average Bonchev–Trinajstić information content (AvgIpc) is 4.07. The van der Waals surface area contributed by atoms with Crippen molar-refractivity contribution < 1.29 is 4.74 Å². The Morgan fingerprint density at radius 2 is 0.797 bits per heavy atom. The number of methoxy groups -OCH3 is 1. The van der Waals surface area contributed by atoms with Gasteiger partial charge >= 0.3 is 0 Å². The van der Waals surface area contributed by atoms with Crippen LogP contribution in [0.25, 0.3) is 28.0 Å². The quantitative estimate of drug-likeness (QED) is 0.147. The van der Waals surface area contributed by atoms with Crippen molar-refractivity contribution in [3.8, 4) is 5.75 Å². The van der Waals surface area contributed by atoms with E-state index in [1.54, 1.807) is 7.11 Å². The Labute approximate surface area is 378 Å². The first-order chi connectivity index (χ1) is 31.4. The summed E-state index contributed by atoms with van der Waals surface area (Å²) in [5.41, 5.74) is 24.6. The Morgan fingerprint density at radius 3 is 1.31 bits per heavy atom. The molecule has 0 unspecified atom stereocenters. The molecule has 0 N–H and O–H groups in total. The minimum absolute atomic E-state index is 0.891. The van der Waals surface area contributed by atoms with E-state index in [4.69, 9.17) is 4.74 Å². The maximum atomic E-state index is 5.31. The lowest BCUT2D eigenvalue weighted by Gasteiger charge is -2.11. The molecule has 0 heterocycles. The van der Waals surface area contributed by atoms with Gasteiger partial charge in [0.05, 0.1) is 18.5 Å². The maximum Gasteiger partial charge on any atom is 0.118 e. The molecule has 312 valence electrons. The molecule has 64 heavy (non-hydrogen) atoms. The lowest BCUT2D eigenvalue weighted by molar-refractivity contribution is 0.415. The minimum Gasteiger partial charge on any atom is -0.497 e. The third-order valence-electron chi connectivity index (χ3n) is 12.3. The second kappa shape index (κ2) is 19.2. The smallest absolute Gasteiger partial charge is 0.118 e. The zero-order valence-electron chi connectivity index (χ0n) is 37.1. The summed E-state index contributed by atoms with van der Waals surface area (Å²) in [6.07, 6.45) is 5.09. The van der Waals surface area contributed by atoms with E-state index in [1.165, 1.54) is 94.6 Å². The number of nitrogens with zero attached hydrogens (tertiary/aromatic N) is 2. The van der Waals surface area contributed by atoms with E-state index in [9.17, 15) is 0 Å². The number of ether oxygens (including phenoxy) is 1. The van der Waals surface area contributed by atoms with Crippen molar-refractivity contribution in [2.75, 3.05) is 7.11 Å². The lowest BCUT2D eigenvalue weighted by Crippen LogP contribution is -1.90. The molecule has 0 saturated carbocycles. The molecule has 0 aliphatic heterocycles. The standard InChI is InChI=1S/C23H20O.C22H18.C16H14N2/c1-16-7-9-17(10-8-16)22-15-19-5-3-4-6-21(19)23(22)18-11-13-20(24-2)14-12-18;1-16-11-13-17(14-12-16)21-15-19-9-5-6-10-20(19)22(21)18-7-3-2-4-8-18;1-12-6-9-14(10-7-12)17-18-16-11-8-13-4-2-3-5-15(13)16/h3-14H,15H2,1-2H3;2-14H,15H2,1H3;2-7,9-11H,8H2,1H3. The molecule has 0 radical (unpaired) electrons. The van der Waals surface area contributed by atoms with Gasteiger partial charge in [-0.3, -0.25) is 0 Å². The molecule has 3 nitrogen and oxygen atoms in total. The fourth-order valence-corrected chi connectivity index (χ4v) is 8.83. The van der Waals surface area contributed by atoms with Gasteiger partial charge in [0.2, 0.25) is 0 Å². The van der Waals surface area contributed by atoms with Gasteiger partial charge in [-0.2, -0.15) is 10.2 Å². The number of fused-ring (bicyclic) bond motifs is 3. The number of azo groups is 1. The van der Waals surface area contributed by atoms with Crippen LogP contribution in [0.2, 0.25) is 0 Å². The van der Waals surface area contributed by atoms with Gasteiger partial charge in [0.25, 0.3) is 0 Å². The first kappa shape index (κ1) is 41.7. The molecule has 3 aliphatic rings. The van der Waals surface area contributed by atoms with Gasteiger partial charge in [-0.1, -0.05) is 199 Å². The molecule has 8 aromatic rings. The van der Waals surface area contributed by atoms with Crippen molar-refractivity contribution in [3.63, 3.8) is 0 Å². The molecule has 0 spiro atoms. The summed E-state index contributed by atoms with van der Waals surface area (Å²) in [5.74, 6) is 0.891. The first-order valence-corrected chi connectivity index (χ1v) is 22.2. The molecule has 0 fully saturated rings. The van der Waals surface area contributed by atoms with Crippen LogP contribution in [0.4, 0.5) is 5.69 Å². The molecule has 0 aromatic heterocycles. The summed E-state index contributed by atoms with van der Waals surface area (Å²) < 4.78 is 5.31. The Kier molecular flexibility index (Phi) is 12.5. The summed E-state index contributed by atoms with van der Waals surface area (Å²) in [5, 5.41) is 8.64. The predicted octanol–water partition coefficient (Wildman–Crippen LogP) is 15.7. The van der Waals surface area contributed by atoms with Crippen molar-refractivity contribution >= 4 is 33.7 Å². The van der Waals surface area contributed by atoms with Crippen molar-refractivity contribution in [3.05, 3.63) is 279 Å². The summed E-state index contributed by atoms with van der Waals surface area (Å²) in [4.78, 5) is 0. The molecule has 8 aromatic carbocycles. The van der Waals surface area contributed by atoms with E-state index in [2.05, 4.69) is 195 Å². The van der Waals surface area contributed by atoms with Gasteiger partial charge in [-0.05, 0) is 137 Å². The van der Waals surface area contributed by atoms with E-state index in [0.29, 0.717) is 0 Å². The van der Waals surface area contributed by atoms with E-state index in [1.807, 2.05) is 42.5 Å². The SMILES string of the molecule is COc1ccc(C2=C(c3ccc(C)cc3)Cc3ccccc32)cc1.Cc1ccc(C2=C(c3ccccc3)c3ccccc3C2)cc1.Cc1ccc(N=NC2=CCc3ccccc32)cc1. The number of allylic oxidation sites excluding steroid dienone is 3. The van der Waals surface area contributed by atoms with Crippen molar-refractivity contribution in [1.29, 1.82) is 0 Å². The van der Waals surface area contributed by atoms with Crippen LogP contribution in [-0.2, 0) is 19.3 Å². The Morgan fingerprint density at radius 1 is 0.375 bits per heavy atom. The van der Waals surface area contributed by atoms with Gasteiger partial charge in [0.15, 0.2) is 0 Å². The number of benzene rings is 8. The molecule has 11 rings (SSSR count). The van der Waals surface area contributed by atoms with Gasteiger partial charge in [0.1, 0.15) is 5.75 Å². The largest absolute Gasteiger partial charge is 0.497 e. The fourth-order valence-electron chi connectivity index (χ4n) is 8.83. The van der Waals surface area contributed by atoms with Gasteiger partial charge in [-0.15, -0.1) is 0 Å². The normalized spacial score (nSPS) is 13.3. The monoisotopic (exact) mass is 828 g/mol. The Balaban J connectivity index is 0.000000123. The number of rotatable bonds is 7. The molecular weight excluding hydrogens is 777 g/mol. The zero-order chi connectivity index (χ0) is 43.8. The lowest BCUT2D eigenvalue weighted by atomic mass is 9.94. The molecule has 0 atom stereocenters. The third kappa shape index (κ3) is 9.26. The fraction of sp³-hybridized carbons (Fsp3) is 0.115. The highest BCUT2D eigenvalue weighted by Gasteiger charge is 2.25. The summed E-state index contributed by atoms with van der Waals surface area (Å²) >= 11 is 0. The zero-order valence-corrected chi connectivity index (χ0v) is 37.1. The first-order valence-electron chi connectivity index (χ1n) is 22.2. The second-order valence-corrected chi connectivity index (χ2v) is 16.7. The van der Waals surface area contributed by atoms with Crippen LogP contribution in [0.1, 0.15) is 72.3 Å². The van der Waals surface area contributed by atoms with Crippen LogP contribution in [-0.4, -0.2) is 7.11 Å². The highest BCUT2D eigenvalue weighted by molar-refractivity contribution is 6.04. The van der Waals surface area contributed by atoms with Crippen molar-refractivity contribution in [1.82, 2.24) is 0 Å². The summed E-state index contributed by atoms with van der Waals surface area (Å²) in [6, 6.07) is 70.8. The van der Waals surface area contributed by atoms with E-state index in [0.717, 1.165) is 36.4 Å². The molecule has 0 bridgehead atoms. The van der Waals surface area contributed by atoms with Crippen LogP contribution in [0.5, 0.6) is 5.75 Å². The van der Waals surface area contributed by atoms with Crippen LogP contribution in [0.15, 0.2) is 216 Å². The van der Waals surface area contributed by atoms with Gasteiger partial charge in [0, 0.05) is 5.56 Å². The van der Waals surface area contributed by atoms with Gasteiger partial charge < -0.3 is 4.74 Å². The van der Waals surface area contributed by atoms with Crippen LogP contribution < -0.4 is 4.74 Å². The number of hydrogen-bond acceptors (Lipinski definition) is 3. The van der Waals surface area contributed by atoms with E-state index >= 15 is 0 Å². The van der Waals surface area contributed by atoms with Crippen LogP contribution >= 0.6 is 0 Å². The number of aryl methyl sites for hydroxylation is 3. The highest BCUT2D eigenvalue weighted by atomic mass is 16.5. The summed E-state index contributed by atoms with van der Waals surface area (Å²) in [7, 11) is 1.71. The molecule has 0 amide bonds. The van der Waals surface area contributed by atoms with Crippen molar-refractivity contribution in [2.45, 2.75) is 40.0 Å². The molecule has 0 saturated heterocycles. The highest BCUT2D eigenvalue weighted by Crippen LogP contribution is 2.43. The third-order valence-corrected chi connectivity index (χ3v) is 12.3.